The second kappa shape index (κ2) is 9.59. The van der Waals surface area contributed by atoms with E-state index >= 15 is 0 Å². The summed E-state index contributed by atoms with van der Waals surface area (Å²) >= 11 is 0. The fourth-order valence-electron chi connectivity index (χ4n) is 2.31. The summed E-state index contributed by atoms with van der Waals surface area (Å²) in [5.41, 5.74) is 1.10. The van der Waals surface area contributed by atoms with Gasteiger partial charge in [-0.1, -0.05) is 50.3 Å². The molecule has 0 amide bonds. The zero-order valence-corrected chi connectivity index (χ0v) is 14.2. The number of rotatable bonds is 9. The summed E-state index contributed by atoms with van der Waals surface area (Å²) in [7, 11) is -4.10. The average Bonchev–Trinajstić information content (AvgIpc) is 2.49. The molecule has 4 heteroatoms. The number of benzene rings is 1. The van der Waals surface area contributed by atoms with Crippen molar-refractivity contribution in [2.45, 2.75) is 56.8 Å². The third kappa shape index (κ3) is 6.58. The lowest BCUT2D eigenvalue weighted by atomic mass is 9.93. The van der Waals surface area contributed by atoms with Crippen molar-refractivity contribution in [1.82, 2.24) is 0 Å². The molecule has 0 aromatic heterocycles. The Hall–Kier alpha value is -1.39. The lowest BCUT2D eigenvalue weighted by Crippen LogP contribution is -2.00. The SMILES string of the molecule is CC/C=C\CC/C=C\CC(CC)c1ccc(S(=O)(=O)O)cc1. The van der Waals surface area contributed by atoms with Gasteiger partial charge >= 0.3 is 0 Å². The summed E-state index contributed by atoms with van der Waals surface area (Å²) < 4.78 is 31.1. The molecule has 0 bridgehead atoms. The monoisotopic (exact) mass is 322 g/mol. The van der Waals surface area contributed by atoms with Crippen LogP contribution in [0.1, 0.15) is 57.4 Å². The number of allylic oxidation sites excluding steroid dienone is 4. The summed E-state index contributed by atoms with van der Waals surface area (Å²) in [6.45, 7) is 4.25. The van der Waals surface area contributed by atoms with Gasteiger partial charge in [-0.15, -0.1) is 0 Å². The van der Waals surface area contributed by atoms with E-state index in [-0.39, 0.29) is 4.90 Å². The highest BCUT2D eigenvalue weighted by Crippen LogP contribution is 2.25. The van der Waals surface area contributed by atoms with Crippen LogP contribution < -0.4 is 0 Å². The molecule has 22 heavy (non-hydrogen) atoms. The Morgan fingerprint density at radius 2 is 1.59 bits per heavy atom. The van der Waals surface area contributed by atoms with Gasteiger partial charge in [-0.3, -0.25) is 4.55 Å². The summed E-state index contributed by atoms with van der Waals surface area (Å²) in [5.74, 6) is 0.373. The molecule has 1 aromatic rings. The van der Waals surface area contributed by atoms with Crippen LogP contribution in [-0.4, -0.2) is 13.0 Å². The molecule has 1 atom stereocenters. The molecule has 0 spiro atoms. The van der Waals surface area contributed by atoms with E-state index in [0.29, 0.717) is 5.92 Å². The number of hydrogen-bond donors (Lipinski definition) is 1. The standard InChI is InChI=1S/C18H26O3S/c1-3-5-6-7-8-9-10-11-16(4-2)17-12-14-18(15-13-17)22(19,20)21/h5-6,9-10,12-16H,3-4,7-8,11H2,1-2H3,(H,19,20,21)/b6-5-,10-9-. The minimum Gasteiger partial charge on any atom is -0.282 e. The fourth-order valence-corrected chi connectivity index (χ4v) is 2.79. The van der Waals surface area contributed by atoms with Crippen LogP contribution >= 0.6 is 0 Å². The average molecular weight is 322 g/mol. The van der Waals surface area contributed by atoms with Crippen LogP contribution in [-0.2, 0) is 10.1 Å². The molecule has 0 saturated carbocycles. The highest BCUT2D eigenvalue weighted by molar-refractivity contribution is 7.85. The third-order valence-electron chi connectivity index (χ3n) is 3.63. The zero-order chi connectivity index (χ0) is 16.4. The molecule has 0 fully saturated rings. The van der Waals surface area contributed by atoms with Gasteiger partial charge in [0, 0.05) is 0 Å². The fraction of sp³-hybridized carbons (Fsp3) is 0.444. The van der Waals surface area contributed by atoms with Crippen LogP contribution in [0.15, 0.2) is 53.5 Å². The Morgan fingerprint density at radius 3 is 2.09 bits per heavy atom. The van der Waals surface area contributed by atoms with Gasteiger partial charge in [0.15, 0.2) is 0 Å². The van der Waals surface area contributed by atoms with E-state index in [1.54, 1.807) is 12.1 Å². The Kier molecular flexibility index (Phi) is 8.13. The van der Waals surface area contributed by atoms with Gasteiger partial charge in [-0.25, -0.2) is 0 Å². The molecule has 1 rings (SSSR count). The van der Waals surface area contributed by atoms with Crippen LogP contribution in [0.5, 0.6) is 0 Å². The first-order chi connectivity index (χ1) is 10.5. The van der Waals surface area contributed by atoms with E-state index in [4.69, 9.17) is 4.55 Å². The third-order valence-corrected chi connectivity index (χ3v) is 4.50. The van der Waals surface area contributed by atoms with Crippen LogP contribution in [0.3, 0.4) is 0 Å². The van der Waals surface area contributed by atoms with E-state index in [0.717, 1.165) is 37.7 Å². The van der Waals surface area contributed by atoms with Crippen molar-refractivity contribution in [2.75, 3.05) is 0 Å². The van der Waals surface area contributed by atoms with Gasteiger partial charge in [0.2, 0.25) is 0 Å². The molecular formula is C18H26O3S. The highest BCUT2D eigenvalue weighted by atomic mass is 32.2. The summed E-state index contributed by atoms with van der Waals surface area (Å²) in [5, 5.41) is 0. The summed E-state index contributed by atoms with van der Waals surface area (Å²) in [6.07, 6.45) is 13.9. The van der Waals surface area contributed by atoms with E-state index in [1.807, 2.05) is 0 Å². The van der Waals surface area contributed by atoms with Gasteiger partial charge in [0.05, 0.1) is 4.90 Å². The molecular weight excluding hydrogens is 296 g/mol. The number of hydrogen-bond acceptors (Lipinski definition) is 2. The molecule has 0 aliphatic carbocycles. The predicted octanol–water partition coefficient (Wildman–Crippen LogP) is 5.12. The van der Waals surface area contributed by atoms with E-state index in [9.17, 15) is 8.42 Å². The molecule has 3 nitrogen and oxygen atoms in total. The van der Waals surface area contributed by atoms with E-state index in [2.05, 4.69) is 38.2 Å². The quantitative estimate of drug-likeness (QED) is 0.390. The second-order valence-corrected chi connectivity index (χ2v) is 6.73. The topological polar surface area (TPSA) is 54.4 Å². The Balaban J connectivity index is 2.57. The smallest absolute Gasteiger partial charge is 0.282 e. The van der Waals surface area contributed by atoms with Gasteiger partial charge in [-0.05, 0) is 55.7 Å². The predicted molar refractivity (Wildman–Crippen MR) is 91.7 cm³/mol. The lowest BCUT2D eigenvalue weighted by Gasteiger charge is -2.13. The first-order valence-corrected chi connectivity index (χ1v) is 9.30. The summed E-state index contributed by atoms with van der Waals surface area (Å²) in [6, 6.07) is 6.50. The Morgan fingerprint density at radius 1 is 1.00 bits per heavy atom. The molecule has 1 N–H and O–H groups in total. The normalized spacial score (nSPS) is 14.0. The Labute approximate surface area is 134 Å². The molecule has 0 aliphatic heterocycles. The minimum atomic E-state index is -4.10. The molecule has 0 aliphatic rings. The van der Waals surface area contributed by atoms with Crippen molar-refractivity contribution < 1.29 is 13.0 Å². The van der Waals surface area contributed by atoms with Gasteiger partial charge in [0.1, 0.15) is 0 Å². The maximum Gasteiger partial charge on any atom is 0.294 e. The van der Waals surface area contributed by atoms with Crippen LogP contribution in [0.4, 0.5) is 0 Å². The lowest BCUT2D eigenvalue weighted by molar-refractivity contribution is 0.483. The first kappa shape index (κ1) is 18.7. The molecule has 0 saturated heterocycles. The highest BCUT2D eigenvalue weighted by Gasteiger charge is 2.11. The maximum absolute atomic E-state index is 11.0. The molecule has 1 unspecified atom stereocenters. The van der Waals surface area contributed by atoms with Gasteiger partial charge < -0.3 is 0 Å². The second-order valence-electron chi connectivity index (χ2n) is 5.31. The van der Waals surface area contributed by atoms with E-state index in [1.165, 1.54) is 12.1 Å². The van der Waals surface area contributed by atoms with Crippen LogP contribution in [0.25, 0.3) is 0 Å². The van der Waals surface area contributed by atoms with Crippen molar-refractivity contribution in [3.05, 3.63) is 54.1 Å². The number of unbranched alkanes of at least 4 members (excludes halogenated alkanes) is 1. The zero-order valence-electron chi connectivity index (χ0n) is 13.4. The van der Waals surface area contributed by atoms with Crippen LogP contribution in [0, 0.1) is 0 Å². The molecule has 122 valence electrons. The van der Waals surface area contributed by atoms with Crippen molar-refractivity contribution in [1.29, 1.82) is 0 Å². The van der Waals surface area contributed by atoms with Gasteiger partial charge in [0.25, 0.3) is 10.1 Å². The van der Waals surface area contributed by atoms with Crippen molar-refractivity contribution in [2.24, 2.45) is 0 Å². The maximum atomic E-state index is 11.0. The summed E-state index contributed by atoms with van der Waals surface area (Å²) in [4.78, 5) is -0.0515. The van der Waals surface area contributed by atoms with Crippen LogP contribution in [0.2, 0.25) is 0 Å². The van der Waals surface area contributed by atoms with Gasteiger partial charge in [-0.2, -0.15) is 8.42 Å². The van der Waals surface area contributed by atoms with Crippen molar-refractivity contribution in [3.63, 3.8) is 0 Å². The molecule has 0 heterocycles. The minimum absolute atomic E-state index is 0.0515. The molecule has 1 aromatic carbocycles. The molecule has 0 radical (unpaired) electrons. The Bertz CT molecular complexity index is 583. The van der Waals surface area contributed by atoms with E-state index < -0.39 is 10.1 Å². The van der Waals surface area contributed by atoms with Crippen molar-refractivity contribution in [3.8, 4) is 0 Å². The van der Waals surface area contributed by atoms with Crippen molar-refractivity contribution >= 4 is 10.1 Å². The largest absolute Gasteiger partial charge is 0.294 e. The first-order valence-electron chi connectivity index (χ1n) is 7.86.